The number of fused-ring (bicyclic) bond motifs is 4. The minimum absolute atomic E-state index is 0. The topological polar surface area (TPSA) is 52.1 Å². The van der Waals surface area contributed by atoms with E-state index in [1.807, 2.05) is 78.9 Å². The van der Waals surface area contributed by atoms with Crippen LogP contribution in [-0.4, -0.2) is 9.97 Å². The zero-order chi connectivity index (χ0) is 42.3. The van der Waals surface area contributed by atoms with E-state index in [-0.39, 0.29) is 31.9 Å². The van der Waals surface area contributed by atoms with Crippen LogP contribution in [0.2, 0.25) is 0 Å². The van der Waals surface area contributed by atoms with Crippen molar-refractivity contribution < 1.29 is 30.3 Å². The quantitative estimate of drug-likeness (QED) is 0.149. The van der Waals surface area contributed by atoms with E-state index >= 15 is 0 Å². The molecule has 0 unspecified atom stereocenters. The van der Waals surface area contributed by atoms with Crippen LogP contribution in [-0.2, 0) is 20.1 Å². The van der Waals surface area contributed by atoms with Crippen molar-refractivity contribution in [2.24, 2.45) is 5.41 Å². The monoisotopic (exact) mass is 978 g/mol. The van der Waals surface area contributed by atoms with Gasteiger partial charge in [0.05, 0.1) is 11.1 Å². The third-order valence-corrected chi connectivity index (χ3v) is 12.2. The molecule has 1 aliphatic carbocycles. The molecule has 1 saturated carbocycles. The van der Waals surface area contributed by atoms with E-state index in [0.29, 0.717) is 11.3 Å². The van der Waals surface area contributed by atoms with Gasteiger partial charge in [-0.15, -0.1) is 54.1 Å². The van der Waals surface area contributed by atoms with E-state index in [2.05, 4.69) is 113 Å². The van der Waals surface area contributed by atoms with Crippen LogP contribution in [0.4, 0.5) is 0 Å². The molecule has 3 aromatic heterocycles. The largest absolute Gasteiger partial charge is 0.500 e. The van der Waals surface area contributed by atoms with Gasteiger partial charge in [-0.25, -0.2) is 0 Å². The number of nitrogens with zero attached hydrogens (tertiary/aromatic N) is 2. The third kappa shape index (κ3) is 8.65. The van der Waals surface area contributed by atoms with Crippen molar-refractivity contribution in [1.29, 1.82) is 0 Å². The van der Waals surface area contributed by atoms with E-state index in [0.717, 1.165) is 86.7 Å². The van der Waals surface area contributed by atoms with Crippen molar-refractivity contribution in [1.82, 2.24) is 9.97 Å². The van der Waals surface area contributed by atoms with Gasteiger partial charge in [0.2, 0.25) is 0 Å². The molecule has 10 rings (SSSR count). The fourth-order valence-electron chi connectivity index (χ4n) is 8.67. The Bertz CT molecular complexity index is 2890. The Kier molecular flexibility index (Phi) is 11.9. The summed E-state index contributed by atoms with van der Waals surface area (Å²) < 4.78 is 22.3. The summed E-state index contributed by atoms with van der Waals surface area (Å²) in [4.78, 5) is 9.21. The Balaban J connectivity index is 0.000000350. The summed E-state index contributed by atoms with van der Waals surface area (Å²) in [6.45, 7) is 13.8. The van der Waals surface area contributed by atoms with Gasteiger partial charge in [0.25, 0.3) is 0 Å². The first kappa shape index (κ1) is 40.8. The maximum absolute atomic E-state index is 9.28. The molecule has 0 atom stereocenters. The molecule has 309 valence electrons. The average Bonchev–Trinajstić information content (AvgIpc) is 3.90. The summed E-state index contributed by atoms with van der Waals surface area (Å²) in [7, 11) is 0. The molecule has 6 aromatic carbocycles. The summed E-state index contributed by atoms with van der Waals surface area (Å²) in [5.74, 6) is 0.578. The maximum atomic E-state index is 9.28. The SMILES string of the molecule is [2H]C1(c2ccc(-c3cc(C(C)C)c(-c4cccc5nc(-c6[c-]ccc7c6oc6ccccc67)oc45)c(C(C)C)c3)cc2)CCC(C)(C)CC1.[Ir].[c-]1ccccc1-c1ccccn1. The standard InChI is InChI=1S/C45H44NO2.C11H8N.Ir/c1-27(2)37-25-32(30-19-17-29(18-20-30)31-21-23-45(5,6)24-22-31)26-38(28(3)4)41(37)35-13-10-15-39-43(35)48-44(46-39)36-14-9-12-34-33-11-7-8-16-40(33)47-42(34)36;1-2-6-10(7-3-1)11-8-4-5-9-12-11;/h7-13,15-20,25-28,31H,21-24H2,1-6H3;1-6,8-9H;/q2*-1;/i31D;;. The molecule has 0 bridgehead atoms. The third-order valence-electron chi connectivity index (χ3n) is 12.2. The van der Waals surface area contributed by atoms with Crippen molar-refractivity contribution >= 4 is 33.0 Å². The number of para-hydroxylation sites is 2. The molecule has 4 nitrogen and oxygen atoms in total. The number of pyridine rings is 1. The molecule has 1 fully saturated rings. The number of hydrogen-bond acceptors (Lipinski definition) is 4. The summed E-state index contributed by atoms with van der Waals surface area (Å²) >= 11 is 0. The Morgan fingerprint density at radius 3 is 2.10 bits per heavy atom. The van der Waals surface area contributed by atoms with Crippen LogP contribution in [0.3, 0.4) is 0 Å². The van der Waals surface area contributed by atoms with Crippen LogP contribution in [0.15, 0.2) is 148 Å². The first-order chi connectivity index (χ1) is 29.5. The number of furan rings is 1. The summed E-state index contributed by atoms with van der Waals surface area (Å²) in [6.07, 6.45) is 5.83. The second kappa shape index (κ2) is 17.8. The van der Waals surface area contributed by atoms with Crippen LogP contribution in [0.1, 0.15) is 103 Å². The molecular formula is C56H52IrN2O2-2. The van der Waals surface area contributed by atoms with Gasteiger partial charge in [0, 0.05) is 38.6 Å². The van der Waals surface area contributed by atoms with Gasteiger partial charge < -0.3 is 13.8 Å². The Morgan fingerprint density at radius 1 is 0.689 bits per heavy atom. The zero-order valence-corrected chi connectivity index (χ0v) is 38.2. The molecule has 3 heterocycles. The minimum atomic E-state index is -0.494. The van der Waals surface area contributed by atoms with Gasteiger partial charge in [0.15, 0.2) is 0 Å². The molecule has 1 radical (unpaired) electrons. The number of aromatic nitrogens is 2. The molecule has 5 heteroatoms. The second-order valence-electron chi connectivity index (χ2n) is 17.5. The first-order valence-corrected chi connectivity index (χ1v) is 21.4. The number of hydrogen-bond donors (Lipinski definition) is 0. The minimum Gasteiger partial charge on any atom is -0.500 e. The molecule has 0 spiro atoms. The predicted octanol–water partition coefficient (Wildman–Crippen LogP) is 16.0. The summed E-state index contributed by atoms with van der Waals surface area (Å²) in [5, 5.41) is 2.10. The number of benzene rings is 6. The first-order valence-electron chi connectivity index (χ1n) is 21.9. The van der Waals surface area contributed by atoms with E-state index < -0.39 is 5.89 Å². The maximum Gasteiger partial charge on any atom is 0.149 e. The average molecular weight is 978 g/mol. The van der Waals surface area contributed by atoms with Crippen LogP contribution in [0.25, 0.3) is 78.0 Å². The number of oxazole rings is 1. The molecule has 0 N–H and O–H groups in total. The van der Waals surface area contributed by atoms with E-state index in [9.17, 15) is 1.37 Å². The second-order valence-corrected chi connectivity index (χ2v) is 17.5. The van der Waals surface area contributed by atoms with Crippen LogP contribution in [0, 0.1) is 17.5 Å². The normalized spacial score (nSPS) is 14.8. The predicted molar refractivity (Wildman–Crippen MR) is 248 cm³/mol. The van der Waals surface area contributed by atoms with Crippen molar-refractivity contribution in [3.05, 3.63) is 168 Å². The Morgan fingerprint density at radius 2 is 1.41 bits per heavy atom. The molecule has 0 amide bonds. The van der Waals surface area contributed by atoms with Gasteiger partial charge in [0.1, 0.15) is 17.1 Å². The van der Waals surface area contributed by atoms with Crippen LogP contribution < -0.4 is 0 Å². The van der Waals surface area contributed by atoms with Crippen molar-refractivity contribution in [2.45, 2.75) is 85.0 Å². The van der Waals surface area contributed by atoms with E-state index in [1.54, 1.807) is 6.20 Å². The molecule has 0 aliphatic heterocycles. The Hall–Kier alpha value is -5.61. The van der Waals surface area contributed by atoms with E-state index in [1.165, 1.54) is 27.8 Å². The van der Waals surface area contributed by atoms with Gasteiger partial charge in [-0.3, -0.25) is 4.98 Å². The number of rotatable bonds is 7. The van der Waals surface area contributed by atoms with Gasteiger partial charge in [-0.1, -0.05) is 126 Å². The smallest absolute Gasteiger partial charge is 0.149 e. The molecule has 0 saturated heterocycles. The van der Waals surface area contributed by atoms with Crippen molar-refractivity contribution in [2.75, 3.05) is 0 Å². The molecular weight excluding hydrogens is 925 g/mol. The van der Waals surface area contributed by atoms with Crippen LogP contribution >= 0.6 is 0 Å². The van der Waals surface area contributed by atoms with Gasteiger partial charge >= 0.3 is 0 Å². The van der Waals surface area contributed by atoms with E-state index in [4.69, 9.17) is 13.8 Å². The van der Waals surface area contributed by atoms with Crippen LogP contribution in [0.5, 0.6) is 0 Å². The fraction of sp³-hybridized carbons (Fsp3) is 0.250. The molecule has 1 aliphatic rings. The van der Waals surface area contributed by atoms with Crippen molar-refractivity contribution in [3.8, 4) is 45.0 Å². The molecule has 61 heavy (non-hydrogen) atoms. The van der Waals surface area contributed by atoms with Crippen molar-refractivity contribution in [3.63, 3.8) is 0 Å². The van der Waals surface area contributed by atoms with Gasteiger partial charge in [-0.2, -0.15) is 0 Å². The molecule has 9 aromatic rings. The fourth-order valence-corrected chi connectivity index (χ4v) is 8.67. The zero-order valence-electron chi connectivity index (χ0n) is 36.8. The van der Waals surface area contributed by atoms with Gasteiger partial charge in [-0.05, 0) is 112 Å². The Labute approximate surface area is 375 Å². The summed E-state index contributed by atoms with van der Waals surface area (Å²) in [6, 6.07) is 52.1. The summed E-state index contributed by atoms with van der Waals surface area (Å²) in [5.41, 5.74) is 14.6.